The molecule has 1 aromatic heterocycles. The van der Waals surface area contributed by atoms with Crippen LogP contribution in [0.15, 0.2) is 36.5 Å². The van der Waals surface area contributed by atoms with Crippen molar-refractivity contribution in [3.63, 3.8) is 0 Å². The number of carbonyl (C=O) groups is 1. The van der Waals surface area contributed by atoms with Crippen LogP contribution in [0.3, 0.4) is 0 Å². The highest BCUT2D eigenvalue weighted by Crippen LogP contribution is 2.41. The number of nitrogens with zero attached hydrogens (tertiary/aromatic N) is 2. The number of carbonyl (C=O) groups excluding carboxylic acids is 1. The molecule has 8 heteroatoms. The van der Waals surface area contributed by atoms with E-state index in [2.05, 4.69) is 76.6 Å². The van der Waals surface area contributed by atoms with E-state index < -0.39 is 0 Å². The number of rotatable bonds is 4. The Morgan fingerprint density at radius 3 is 2.14 bits per heavy atom. The van der Waals surface area contributed by atoms with E-state index in [0.717, 1.165) is 41.5 Å². The van der Waals surface area contributed by atoms with Gasteiger partial charge in [-0.05, 0) is 88.0 Å². The van der Waals surface area contributed by atoms with Crippen molar-refractivity contribution >= 4 is 42.3 Å². The molecule has 1 unspecified atom stereocenters. The average molecular weight is 558 g/mol. The zero-order valence-electron chi connectivity index (χ0n) is 22.4. The minimum absolute atomic E-state index is 0. The predicted molar refractivity (Wildman–Crippen MR) is 154 cm³/mol. The molecule has 1 aromatic carbocycles. The van der Waals surface area contributed by atoms with Crippen molar-refractivity contribution in [1.29, 1.82) is 0 Å². The van der Waals surface area contributed by atoms with Crippen molar-refractivity contribution in [2.75, 3.05) is 0 Å². The predicted octanol–water partition coefficient (Wildman–Crippen LogP) is 7.04. The van der Waals surface area contributed by atoms with Crippen LogP contribution in [-0.4, -0.2) is 27.8 Å². The molecule has 1 amide bonds. The minimum Gasteiger partial charge on any atom is -0.352 e. The van der Waals surface area contributed by atoms with Crippen molar-refractivity contribution in [3.8, 4) is 0 Å². The maximum Gasteiger partial charge on any atom is 0.237 e. The Morgan fingerprint density at radius 1 is 1.00 bits per heavy atom. The van der Waals surface area contributed by atoms with Gasteiger partial charge in [0, 0.05) is 29.2 Å². The normalized spacial score (nSPS) is 26.6. The summed E-state index contributed by atoms with van der Waals surface area (Å²) < 4.78 is 2.02. The molecule has 1 saturated carbocycles. The summed E-state index contributed by atoms with van der Waals surface area (Å²) >= 11 is 6.15. The van der Waals surface area contributed by atoms with Crippen LogP contribution in [0.4, 0.5) is 0 Å². The summed E-state index contributed by atoms with van der Waals surface area (Å²) in [5.74, 6) is 0.981. The second-order valence-corrected chi connectivity index (χ2v) is 12.8. The molecule has 202 valence electrons. The molecular weight excluding hydrogens is 515 g/mol. The third-order valence-electron chi connectivity index (χ3n) is 7.79. The van der Waals surface area contributed by atoms with E-state index in [1.165, 1.54) is 12.8 Å². The van der Waals surface area contributed by atoms with E-state index in [9.17, 15) is 4.79 Å². The standard InChI is InChI=1S/C28H41ClN4O.2ClH/c1-27(2,3)19-9-13-21(14-10-19)30-26(34)24-17-22(23-15-16-33(32-23)28(4,5)6)25(31-24)18-7-11-20(29)12-8-18;;/h7-8,11-12,15-16,19,21-22,24-25,31H,9-10,13-14,17H2,1-6H3,(H,30,34);2*1H/t19?,21?,22?,24-,25-;;/m0../s1. The highest BCUT2D eigenvalue weighted by Gasteiger charge is 2.41. The summed E-state index contributed by atoms with van der Waals surface area (Å²) in [6, 6.07) is 10.1. The van der Waals surface area contributed by atoms with Gasteiger partial charge in [0.05, 0.1) is 17.3 Å². The van der Waals surface area contributed by atoms with Gasteiger partial charge >= 0.3 is 0 Å². The number of aromatic nitrogens is 2. The van der Waals surface area contributed by atoms with E-state index in [4.69, 9.17) is 16.7 Å². The Balaban J connectivity index is 0.00000228. The molecule has 2 fully saturated rings. The monoisotopic (exact) mass is 556 g/mol. The number of benzene rings is 1. The molecule has 4 rings (SSSR count). The second-order valence-electron chi connectivity index (χ2n) is 12.4. The highest BCUT2D eigenvalue weighted by atomic mass is 35.5. The first-order valence-electron chi connectivity index (χ1n) is 12.8. The van der Waals surface area contributed by atoms with E-state index >= 15 is 0 Å². The summed E-state index contributed by atoms with van der Waals surface area (Å²) in [4.78, 5) is 13.3. The lowest BCUT2D eigenvalue weighted by atomic mass is 9.71. The molecule has 0 radical (unpaired) electrons. The smallest absolute Gasteiger partial charge is 0.237 e. The van der Waals surface area contributed by atoms with Gasteiger partial charge in [0.25, 0.3) is 0 Å². The van der Waals surface area contributed by atoms with Crippen LogP contribution < -0.4 is 10.6 Å². The first-order chi connectivity index (χ1) is 15.9. The molecule has 1 aliphatic carbocycles. The molecule has 0 spiro atoms. The average Bonchev–Trinajstić information content (AvgIpc) is 3.41. The molecule has 0 bridgehead atoms. The van der Waals surface area contributed by atoms with Crippen molar-refractivity contribution < 1.29 is 4.79 Å². The van der Waals surface area contributed by atoms with Crippen LogP contribution in [0, 0.1) is 11.3 Å². The van der Waals surface area contributed by atoms with Crippen molar-refractivity contribution in [1.82, 2.24) is 20.4 Å². The van der Waals surface area contributed by atoms with Gasteiger partial charge in [0.2, 0.25) is 5.91 Å². The van der Waals surface area contributed by atoms with Crippen molar-refractivity contribution in [2.45, 2.75) is 103 Å². The first-order valence-corrected chi connectivity index (χ1v) is 13.2. The molecule has 36 heavy (non-hydrogen) atoms. The largest absolute Gasteiger partial charge is 0.352 e. The van der Waals surface area contributed by atoms with Gasteiger partial charge in [-0.25, -0.2) is 0 Å². The van der Waals surface area contributed by atoms with Crippen LogP contribution >= 0.6 is 36.4 Å². The zero-order chi connectivity index (χ0) is 24.7. The van der Waals surface area contributed by atoms with Crippen molar-refractivity contribution in [3.05, 3.63) is 52.8 Å². The van der Waals surface area contributed by atoms with Gasteiger partial charge in [-0.2, -0.15) is 5.10 Å². The fourth-order valence-corrected chi connectivity index (χ4v) is 5.70. The summed E-state index contributed by atoms with van der Waals surface area (Å²) in [7, 11) is 0. The Bertz CT molecular complexity index is 985. The summed E-state index contributed by atoms with van der Waals surface area (Å²) in [5.41, 5.74) is 2.43. The van der Waals surface area contributed by atoms with Crippen LogP contribution in [0.1, 0.15) is 96.9 Å². The Labute approximate surface area is 234 Å². The quantitative estimate of drug-likeness (QED) is 0.424. The lowest BCUT2D eigenvalue weighted by Crippen LogP contribution is -2.47. The molecular formula is C28H43Cl3N4O. The zero-order valence-corrected chi connectivity index (χ0v) is 24.8. The maximum atomic E-state index is 13.3. The molecule has 2 N–H and O–H groups in total. The molecule has 2 aromatic rings. The molecule has 2 aliphatic rings. The summed E-state index contributed by atoms with van der Waals surface area (Å²) in [5, 5.41) is 12.6. The molecule has 3 atom stereocenters. The Hall–Kier alpha value is -1.27. The number of hydrogen-bond acceptors (Lipinski definition) is 3. The fraction of sp³-hybridized carbons (Fsp3) is 0.643. The van der Waals surface area contributed by atoms with Gasteiger partial charge in [0.1, 0.15) is 0 Å². The topological polar surface area (TPSA) is 59.0 Å². The SMILES string of the molecule is CC(C)(C)C1CCC(NC(=O)[C@@H]2CC(c3ccn(C(C)(C)C)n3)[C@H](c3ccc(Cl)cc3)N2)CC1.Cl.Cl. The number of hydrogen-bond donors (Lipinski definition) is 2. The Kier molecular flexibility index (Phi) is 10.4. The summed E-state index contributed by atoms with van der Waals surface area (Å²) in [6.45, 7) is 13.4. The maximum absolute atomic E-state index is 13.3. The summed E-state index contributed by atoms with van der Waals surface area (Å²) in [6.07, 6.45) is 7.30. The number of halogens is 3. The van der Waals surface area contributed by atoms with Crippen LogP contribution in [0.5, 0.6) is 0 Å². The van der Waals surface area contributed by atoms with Gasteiger partial charge in [-0.15, -0.1) is 24.8 Å². The third kappa shape index (κ3) is 7.18. The highest BCUT2D eigenvalue weighted by molar-refractivity contribution is 6.30. The fourth-order valence-electron chi connectivity index (χ4n) is 5.58. The molecule has 1 aliphatic heterocycles. The van der Waals surface area contributed by atoms with Crippen LogP contribution in [0.2, 0.25) is 5.02 Å². The number of nitrogens with one attached hydrogen (secondary N) is 2. The van der Waals surface area contributed by atoms with E-state index in [-0.39, 0.29) is 60.3 Å². The Morgan fingerprint density at radius 2 is 1.61 bits per heavy atom. The van der Waals surface area contributed by atoms with Crippen molar-refractivity contribution in [2.24, 2.45) is 11.3 Å². The minimum atomic E-state index is -0.231. The first kappa shape index (κ1) is 31.0. The number of amides is 1. The van der Waals surface area contributed by atoms with Gasteiger partial charge in [0.15, 0.2) is 0 Å². The lowest BCUT2D eigenvalue weighted by Gasteiger charge is -2.37. The molecule has 2 heterocycles. The van der Waals surface area contributed by atoms with E-state index in [1.807, 2.05) is 16.8 Å². The van der Waals surface area contributed by atoms with E-state index in [0.29, 0.717) is 5.41 Å². The van der Waals surface area contributed by atoms with Gasteiger partial charge < -0.3 is 5.32 Å². The lowest BCUT2D eigenvalue weighted by molar-refractivity contribution is -0.123. The second kappa shape index (κ2) is 12.1. The van der Waals surface area contributed by atoms with Crippen LogP contribution in [-0.2, 0) is 10.3 Å². The van der Waals surface area contributed by atoms with Crippen LogP contribution in [0.25, 0.3) is 0 Å². The molecule has 5 nitrogen and oxygen atoms in total. The van der Waals surface area contributed by atoms with Gasteiger partial charge in [-0.1, -0.05) is 44.5 Å². The van der Waals surface area contributed by atoms with E-state index in [1.54, 1.807) is 0 Å². The third-order valence-corrected chi connectivity index (χ3v) is 8.05. The molecule has 1 saturated heterocycles. The van der Waals surface area contributed by atoms with Gasteiger partial charge in [-0.3, -0.25) is 14.8 Å².